The van der Waals surface area contributed by atoms with Gasteiger partial charge in [0.1, 0.15) is 0 Å². The minimum Gasteiger partial charge on any atom is -0.466 e. The Morgan fingerprint density at radius 1 is 1.39 bits per heavy atom. The van der Waals surface area contributed by atoms with Gasteiger partial charge in [-0.25, -0.2) is 0 Å². The predicted octanol–water partition coefficient (Wildman–Crippen LogP) is 3.15. The van der Waals surface area contributed by atoms with Gasteiger partial charge in [-0.05, 0) is 30.9 Å². The van der Waals surface area contributed by atoms with E-state index in [0.717, 1.165) is 24.0 Å². The maximum atomic E-state index is 11.4. The SMILES string of the molecule is CCCCOC(=O)CCC(O)c1ccccc1C. The molecule has 0 saturated carbocycles. The highest BCUT2D eigenvalue weighted by Gasteiger charge is 2.12. The summed E-state index contributed by atoms with van der Waals surface area (Å²) in [5.41, 5.74) is 1.93. The molecule has 1 unspecified atom stereocenters. The van der Waals surface area contributed by atoms with Crippen LogP contribution in [0, 0.1) is 6.92 Å². The van der Waals surface area contributed by atoms with Gasteiger partial charge in [0.25, 0.3) is 0 Å². The number of benzene rings is 1. The molecule has 18 heavy (non-hydrogen) atoms. The quantitative estimate of drug-likeness (QED) is 0.597. The van der Waals surface area contributed by atoms with Crippen LogP contribution >= 0.6 is 0 Å². The van der Waals surface area contributed by atoms with Crippen molar-refractivity contribution < 1.29 is 14.6 Å². The summed E-state index contributed by atoms with van der Waals surface area (Å²) in [4.78, 5) is 11.4. The fourth-order valence-corrected chi connectivity index (χ4v) is 1.77. The summed E-state index contributed by atoms with van der Waals surface area (Å²) in [7, 11) is 0. The highest BCUT2D eigenvalue weighted by Crippen LogP contribution is 2.21. The molecule has 0 heterocycles. The summed E-state index contributed by atoms with van der Waals surface area (Å²) < 4.78 is 5.05. The van der Waals surface area contributed by atoms with Gasteiger partial charge in [0, 0.05) is 6.42 Å². The first-order valence-electron chi connectivity index (χ1n) is 6.54. The van der Waals surface area contributed by atoms with Crippen molar-refractivity contribution in [2.75, 3.05) is 6.61 Å². The zero-order chi connectivity index (χ0) is 13.4. The van der Waals surface area contributed by atoms with Crippen LogP contribution in [0.15, 0.2) is 24.3 Å². The smallest absolute Gasteiger partial charge is 0.305 e. The summed E-state index contributed by atoms with van der Waals surface area (Å²) in [6.07, 6.45) is 1.99. The summed E-state index contributed by atoms with van der Waals surface area (Å²) >= 11 is 0. The van der Waals surface area contributed by atoms with Crippen LogP contribution in [0.25, 0.3) is 0 Å². The number of carbonyl (C=O) groups is 1. The van der Waals surface area contributed by atoms with E-state index in [4.69, 9.17) is 4.74 Å². The van der Waals surface area contributed by atoms with E-state index in [2.05, 4.69) is 6.92 Å². The molecule has 0 aliphatic heterocycles. The zero-order valence-electron chi connectivity index (χ0n) is 11.2. The van der Waals surface area contributed by atoms with Crippen molar-refractivity contribution in [2.24, 2.45) is 0 Å². The van der Waals surface area contributed by atoms with Gasteiger partial charge in [0.2, 0.25) is 0 Å². The highest BCUT2D eigenvalue weighted by molar-refractivity contribution is 5.69. The van der Waals surface area contributed by atoms with Crippen LogP contribution in [0.3, 0.4) is 0 Å². The molecule has 0 saturated heterocycles. The molecule has 0 bridgehead atoms. The molecular weight excluding hydrogens is 228 g/mol. The second kappa shape index (κ2) is 7.88. The highest BCUT2D eigenvalue weighted by atomic mass is 16.5. The van der Waals surface area contributed by atoms with Gasteiger partial charge in [-0.1, -0.05) is 37.6 Å². The number of esters is 1. The summed E-state index contributed by atoms with van der Waals surface area (Å²) in [5.74, 6) is -0.226. The molecule has 0 aromatic heterocycles. The van der Waals surface area contributed by atoms with Gasteiger partial charge in [0.05, 0.1) is 12.7 Å². The molecule has 0 fully saturated rings. The third-order valence-electron chi connectivity index (χ3n) is 2.93. The third kappa shape index (κ3) is 4.88. The monoisotopic (exact) mass is 250 g/mol. The van der Waals surface area contributed by atoms with Crippen LogP contribution in [0.1, 0.15) is 49.8 Å². The molecule has 1 N–H and O–H groups in total. The van der Waals surface area contributed by atoms with Crippen molar-refractivity contribution in [1.29, 1.82) is 0 Å². The van der Waals surface area contributed by atoms with Gasteiger partial charge < -0.3 is 9.84 Å². The number of unbranched alkanes of at least 4 members (excludes halogenated alkanes) is 1. The fourth-order valence-electron chi connectivity index (χ4n) is 1.77. The van der Waals surface area contributed by atoms with Crippen molar-refractivity contribution >= 4 is 5.97 Å². The molecule has 1 aromatic carbocycles. The lowest BCUT2D eigenvalue weighted by molar-refractivity contribution is -0.144. The van der Waals surface area contributed by atoms with Crippen molar-refractivity contribution in [3.05, 3.63) is 35.4 Å². The Labute approximate surface area is 109 Å². The van der Waals surface area contributed by atoms with E-state index in [9.17, 15) is 9.90 Å². The van der Waals surface area contributed by atoms with Crippen molar-refractivity contribution in [3.63, 3.8) is 0 Å². The summed E-state index contributed by atoms with van der Waals surface area (Å²) in [5, 5.41) is 10.0. The zero-order valence-corrected chi connectivity index (χ0v) is 11.2. The van der Waals surface area contributed by atoms with Crippen molar-refractivity contribution in [2.45, 2.75) is 45.6 Å². The predicted molar refractivity (Wildman–Crippen MR) is 71.2 cm³/mol. The average Bonchev–Trinajstić information content (AvgIpc) is 2.37. The number of aryl methyl sites for hydroxylation is 1. The van der Waals surface area contributed by atoms with E-state index in [1.807, 2.05) is 31.2 Å². The van der Waals surface area contributed by atoms with Crippen LogP contribution in [0.2, 0.25) is 0 Å². The van der Waals surface area contributed by atoms with Gasteiger partial charge in [-0.2, -0.15) is 0 Å². The molecule has 1 rings (SSSR count). The van der Waals surface area contributed by atoms with Crippen molar-refractivity contribution in [3.8, 4) is 0 Å². The Morgan fingerprint density at radius 3 is 2.78 bits per heavy atom. The molecule has 0 aliphatic rings. The first-order valence-corrected chi connectivity index (χ1v) is 6.54. The lowest BCUT2D eigenvalue weighted by atomic mass is 10.0. The Morgan fingerprint density at radius 2 is 2.11 bits per heavy atom. The molecule has 1 atom stereocenters. The number of aliphatic hydroxyl groups excluding tert-OH is 1. The van der Waals surface area contributed by atoms with Crippen LogP contribution in [-0.2, 0) is 9.53 Å². The number of aliphatic hydroxyl groups is 1. The molecular formula is C15H22O3. The first kappa shape index (κ1) is 14.7. The van der Waals surface area contributed by atoms with Crippen LogP contribution in [0.5, 0.6) is 0 Å². The molecule has 3 nitrogen and oxygen atoms in total. The molecule has 0 amide bonds. The normalized spacial score (nSPS) is 12.2. The van der Waals surface area contributed by atoms with Gasteiger partial charge in [0.15, 0.2) is 0 Å². The molecule has 0 radical (unpaired) electrons. The van der Waals surface area contributed by atoms with E-state index >= 15 is 0 Å². The second-order valence-electron chi connectivity index (χ2n) is 4.49. The van der Waals surface area contributed by atoms with Gasteiger partial charge in [-0.3, -0.25) is 4.79 Å². The second-order valence-corrected chi connectivity index (χ2v) is 4.49. The van der Waals surface area contributed by atoms with E-state index in [0.29, 0.717) is 13.0 Å². The summed E-state index contributed by atoms with van der Waals surface area (Å²) in [6, 6.07) is 7.68. The maximum absolute atomic E-state index is 11.4. The molecule has 3 heteroatoms. The Bertz CT molecular complexity index is 374. The Balaban J connectivity index is 2.35. The number of carbonyl (C=O) groups excluding carboxylic acids is 1. The van der Waals surface area contributed by atoms with E-state index in [1.165, 1.54) is 0 Å². The minimum atomic E-state index is -0.593. The molecule has 100 valence electrons. The average molecular weight is 250 g/mol. The number of hydrogen-bond donors (Lipinski definition) is 1. The largest absolute Gasteiger partial charge is 0.466 e. The van der Waals surface area contributed by atoms with Crippen LogP contribution in [-0.4, -0.2) is 17.7 Å². The topological polar surface area (TPSA) is 46.5 Å². The molecule has 0 spiro atoms. The standard InChI is InChI=1S/C15H22O3/c1-3-4-11-18-15(17)10-9-14(16)13-8-6-5-7-12(13)2/h5-8,14,16H,3-4,9-11H2,1-2H3. The van der Waals surface area contributed by atoms with E-state index in [-0.39, 0.29) is 12.4 Å². The van der Waals surface area contributed by atoms with Gasteiger partial charge in [-0.15, -0.1) is 0 Å². The number of hydrogen-bond acceptors (Lipinski definition) is 3. The molecule has 1 aromatic rings. The number of ether oxygens (including phenoxy) is 1. The summed E-state index contributed by atoms with van der Waals surface area (Å²) in [6.45, 7) is 4.49. The van der Waals surface area contributed by atoms with E-state index < -0.39 is 6.10 Å². The first-order chi connectivity index (χ1) is 8.65. The Kier molecular flexibility index (Phi) is 6.44. The lowest BCUT2D eigenvalue weighted by Gasteiger charge is -2.13. The van der Waals surface area contributed by atoms with Crippen LogP contribution in [0.4, 0.5) is 0 Å². The fraction of sp³-hybridized carbons (Fsp3) is 0.533. The minimum absolute atomic E-state index is 0.226. The molecule has 0 aliphatic carbocycles. The van der Waals surface area contributed by atoms with Crippen molar-refractivity contribution in [1.82, 2.24) is 0 Å². The number of rotatable bonds is 7. The Hall–Kier alpha value is -1.35. The maximum Gasteiger partial charge on any atom is 0.305 e. The van der Waals surface area contributed by atoms with Crippen LogP contribution < -0.4 is 0 Å². The third-order valence-corrected chi connectivity index (χ3v) is 2.93. The van der Waals surface area contributed by atoms with Gasteiger partial charge >= 0.3 is 5.97 Å². The lowest BCUT2D eigenvalue weighted by Crippen LogP contribution is -2.08. The van der Waals surface area contributed by atoms with E-state index in [1.54, 1.807) is 0 Å².